The minimum absolute atomic E-state index is 0.293. The van der Waals surface area contributed by atoms with E-state index >= 15 is 0 Å². The molecule has 0 aliphatic carbocycles. The van der Waals surface area contributed by atoms with E-state index in [9.17, 15) is 0 Å². The van der Waals surface area contributed by atoms with Crippen molar-refractivity contribution in [2.45, 2.75) is 31.1 Å². The molecule has 0 fully saturated rings. The first kappa shape index (κ1) is 14.1. The lowest BCUT2D eigenvalue weighted by molar-refractivity contribution is 0.298. The summed E-state index contributed by atoms with van der Waals surface area (Å²) >= 11 is 3.57. The fourth-order valence-corrected chi connectivity index (χ4v) is 1.92. The maximum atomic E-state index is 5.63. The molecule has 0 aliphatic rings. The standard InChI is InChI=1S/C14H18BrN3O/c1-2-13(15)14-11-18(17-16-14)9-6-10-19-12-7-4-3-5-8-12/h3-5,7-8,11,13H,2,6,9-10H2,1H3. The molecular formula is C14H18BrN3O. The predicted octanol–water partition coefficient (Wildman–Crippen LogP) is 3.59. The summed E-state index contributed by atoms with van der Waals surface area (Å²) in [4.78, 5) is 0.293. The van der Waals surface area contributed by atoms with E-state index in [0.29, 0.717) is 11.4 Å². The van der Waals surface area contributed by atoms with Gasteiger partial charge in [0.15, 0.2) is 0 Å². The van der Waals surface area contributed by atoms with Gasteiger partial charge in [0.2, 0.25) is 0 Å². The van der Waals surface area contributed by atoms with Crippen molar-refractivity contribution in [1.29, 1.82) is 0 Å². The third kappa shape index (κ3) is 4.35. The van der Waals surface area contributed by atoms with Crippen molar-refractivity contribution in [1.82, 2.24) is 15.0 Å². The van der Waals surface area contributed by atoms with E-state index in [2.05, 4.69) is 33.2 Å². The Morgan fingerprint density at radius 2 is 2.11 bits per heavy atom. The van der Waals surface area contributed by atoms with Gasteiger partial charge < -0.3 is 4.74 Å². The van der Waals surface area contributed by atoms with Crippen LogP contribution in [-0.2, 0) is 6.54 Å². The SMILES string of the molecule is CCC(Br)c1cn(CCCOc2ccccc2)nn1. The number of nitrogens with zero attached hydrogens (tertiary/aromatic N) is 3. The third-order valence-corrected chi connectivity index (χ3v) is 3.90. The Hall–Kier alpha value is -1.36. The zero-order chi connectivity index (χ0) is 13.5. The summed E-state index contributed by atoms with van der Waals surface area (Å²) in [6.45, 7) is 3.63. The quantitative estimate of drug-likeness (QED) is 0.577. The molecule has 1 aromatic carbocycles. The number of ether oxygens (including phenoxy) is 1. The highest BCUT2D eigenvalue weighted by Crippen LogP contribution is 2.23. The highest BCUT2D eigenvalue weighted by Gasteiger charge is 2.09. The van der Waals surface area contributed by atoms with Crippen LogP contribution in [-0.4, -0.2) is 21.6 Å². The first-order valence-electron chi connectivity index (χ1n) is 6.51. The van der Waals surface area contributed by atoms with Crippen molar-refractivity contribution in [2.24, 2.45) is 0 Å². The highest BCUT2D eigenvalue weighted by atomic mass is 79.9. The molecule has 0 saturated carbocycles. The van der Waals surface area contributed by atoms with Crippen LogP contribution in [0.2, 0.25) is 0 Å². The molecule has 1 heterocycles. The van der Waals surface area contributed by atoms with Crippen LogP contribution in [0.1, 0.15) is 30.3 Å². The molecule has 1 unspecified atom stereocenters. The zero-order valence-corrected chi connectivity index (χ0v) is 12.6. The Labute approximate surface area is 121 Å². The number of hydrogen-bond acceptors (Lipinski definition) is 3. The van der Waals surface area contributed by atoms with Gasteiger partial charge in [-0.25, -0.2) is 0 Å². The van der Waals surface area contributed by atoms with Crippen molar-refractivity contribution in [3.63, 3.8) is 0 Å². The van der Waals surface area contributed by atoms with Gasteiger partial charge in [-0.3, -0.25) is 4.68 Å². The number of halogens is 1. The topological polar surface area (TPSA) is 39.9 Å². The second kappa shape index (κ2) is 7.28. The van der Waals surface area contributed by atoms with E-state index in [-0.39, 0.29) is 0 Å². The summed E-state index contributed by atoms with van der Waals surface area (Å²) in [5.41, 5.74) is 0.992. The second-order valence-electron chi connectivity index (χ2n) is 4.30. The van der Waals surface area contributed by atoms with Gasteiger partial charge in [0, 0.05) is 19.2 Å². The molecule has 0 spiro atoms. The van der Waals surface area contributed by atoms with Crippen LogP contribution in [0.5, 0.6) is 5.75 Å². The van der Waals surface area contributed by atoms with Crippen molar-refractivity contribution in [3.05, 3.63) is 42.2 Å². The maximum absolute atomic E-state index is 5.63. The molecule has 102 valence electrons. The Balaban J connectivity index is 1.72. The summed E-state index contributed by atoms with van der Waals surface area (Å²) in [5.74, 6) is 0.910. The first-order chi connectivity index (χ1) is 9.29. The van der Waals surface area contributed by atoms with Crippen molar-refractivity contribution in [2.75, 3.05) is 6.61 Å². The lowest BCUT2D eigenvalue weighted by Gasteiger charge is -2.05. The fourth-order valence-electron chi connectivity index (χ4n) is 1.71. The molecule has 4 nitrogen and oxygen atoms in total. The van der Waals surface area contributed by atoms with Crippen LogP contribution in [0.25, 0.3) is 0 Å². The summed E-state index contributed by atoms with van der Waals surface area (Å²) < 4.78 is 7.50. The smallest absolute Gasteiger partial charge is 0.119 e. The molecule has 0 radical (unpaired) electrons. The number of rotatable bonds is 7. The van der Waals surface area contributed by atoms with E-state index in [1.165, 1.54) is 0 Å². The maximum Gasteiger partial charge on any atom is 0.119 e. The number of aromatic nitrogens is 3. The summed E-state index contributed by atoms with van der Waals surface area (Å²) in [7, 11) is 0. The average Bonchev–Trinajstić information content (AvgIpc) is 2.93. The van der Waals surface area contributed by atoms with Crippen molar-refractivity contribution in [3.8, 4) is 5.75 Å². The number of alkyl halides is 1. The molecule has 0 bridgehead atoms. The molecule has 0 amide bonds. The Kier molecular flexibility index (Phi) is 5.39. The van der Waals surface area contributed by atoms with Gasteiger partial charge >= 0.3 is 0 Å². The minimum Gasteiger partial charge on any atom is -0.494 e. The molecule has 0 N–H and O–H groups in total. The number of para-hydroxylation sites is 1. The van der Waals surface area contributed by atoms with E-state index in [4.69, 9.17) is 4.74 Å². The number of hydrogen-bond donors (Lipinski definition) is 0. The van der Waals surface area contributed by atoms with Crippen LogP contribution >= 0.6 is 15.9 Å². The predicted molar refractivity (Wildman–Crippen MR) is 78.5 cm³/mol. The molecule has 5 heteroatoms. The fraction of sp³-hybridized carbons (Fsp3) is 0.429. The van der Waals surface area contributed by atoms with Crippen LogP contribution in [0.15, 0.2) is 36.5 Å². The number of benzene rings is 1. The zero-order valence-electron chi connectivity index (χ0n) is 11.0. The summed E-state index contributed by atoms with van der Waals surface area (Å²) in [5, 5.41) is 8.26. The molecule has 19 heavy (non-hydrogen) atoms. The molecule has 0 saturated heterocycles. The largest absolute Gasteiger partial charge is 0.494 e. The van der Waals surface area contributed by atoms with Crippen LogP contribution in [0.4, 0.5) is 0 Å². The third-order valence-electron chi connectivity index (χ3n) is 2.78. The Morgan fingerprint density at radius 3 is 2.84 bits per heavy atom. The number of aryl methyl sites for hydroxylation is 1. The van der Waals surface area contributed by atoms with Crippen molar-refractivity contribution >= 4 is 15.9 Å². The van der Waals surface area contributed by atoms with Gasteiger partial charge in [-0.2, -0.15) is 0 Å². The van der Waals surface area contributed by atoms with E-state index < -0.39 is 0 Å². The van der Waals surface area contributed by atoms with Gasteiger partial charge in [-0.05, 0) is 18.6 Å². The molecule has 0 aliphatic heterocycles. The summed E-state index contributed by atoms with van der Waals surface area (Å²) in [6.07, 6.45) is 3.91. The lowest BCUT2D eigenvalue weighted by Crippen LogP contribution is -2.05. The average molecular weight is 324 g/mol. The molecule has 2 rings (SSSR count). The first-order valence-corrected chi connectivity index (χ1v) is 7.43. The normalized spacial score (nSPS) is 12.3. The molecule has 1 aromatic heterocycles. The second-order valence-corrected chi connectivity index (χ2v) is 5.40. The Bertz CT molecular complexity index is 486. The van der Waals surface area contributed by atoms with Crippen molar-refractivity contribution < 1.29 is 4.74 Å². The van der Waals surface area contributed by atoms with Crippen LogP contribution in [0.3, 0.4) is 0 Å². The van der Waals surface area contributed by atoms with Gasteiger partial charge in [-0.1, -0.05) is 46.3 Å². The summed E-state index contributed by atoms with van der Waals surface area (Å²) in [6, 6.07) is 9.85. The van der Waals surface area contributed by atoms with Gasteiger partial charge in [0.05, 0.1) is 17.1 Å². The van der Waals surface area contributed by atoms with Crippen LogP contribution < -0.4 is 4.74 Å². The molecule has 2 aromatic rings. The molecule has 1 atom stereocenters. The van der Waals surface area contributed by atoms with Crippen LogP contribution in [0, 0.1) is 0 Å². The van der Waals surface area contributed by atoms with E-state index in [1.54, 1.807) is 0 Å². The van der Waals surface area contributed by atoms with E-state index in [1.807, 2.05) is 41.2 Å². The van der Waals surface area contributed by atoms with Gasteiger partial charge in [0.1, 0.15) is 5.75 Å². The monoisotopic (exact) mass is 323 g/mol. The highest BCUT2D eigenvalue weighted by molar-refractivity contribution is 9.09. The molecular weight excluding hydrogens is 306 g/mol. The van der Waals surface area contributed by atoms with Gasteiger partial charge in [0.25, 0.3) is 0 Å². The van der Waals surface area contributed by atoms with Gasteiger partial charge in [-0.15, -0.1) is 5.10 Å². The van der Waals surface area contributed by atoms with E-state index in [0.717, 1.165) is 30.8 Å². The Morgan fingerprint density at radius 1 is 1.32 bits per heavy atom. The minimum atomic E-state index is 0.293. The lowest BCUT2D eigenvalue weighted by atomic mass is 10.3.